The van der Waals surface area contributed by atoms with Crippen LogP contribution in [0, 0.1) is 5.82 Å². The van der Waals surface area contributed by atoms with Gasteiger partial charge in [0.05, 0.1) is 18.1 Å². The second kappa shape index (κ2) is 9.52. The summed E-state index contributed by atoms with van der Waals surface area (Å²) in [4.78, 5) is 12.1. The summed E-state index contributed by atoms with van der Waals surface area (Å²) in [6, 6.07) is 9.39. The summed E-state index contributed by atoms with van der Waals surface area (Å²) in [7, 11) is 3.53. The molecule has 0 saturated carbocycles. The Hall–Kier alpha value is -2.55. The number of aromatic amines is 1. The maximum Gasteiger partial charge on any atom is 0.321 e. The van der Waals surface area contributed by atoms with Crippen molar-refractivity contribution in [2.24, 2.45) is 0 Å². The topological polar surface area (TPSA) is 67.4 Å². The van der Waals surface area contributed by atoms with Crippen molar-refractivity contribution in [3.05, 3.63) is 59.9 Å². The van der Waals surface area contributed by atoms with Crippen LogP contribution in [-0.2, 0) is 16.9 Å². The average molecular weight is 457 g/mol. The number of aromatic nitrogens is 2. The first-order valence-corrected chi connectivity index (χ1v) is 12.1. The van der Waals surface area contributed by atoms with E-state index in [-0.39, 0.29) is 5.75 Å². The number of rotatable bonds is 8. The first-order chi connectivity index (χ1) is 15.5. The van der Waals surface area contributed by atoms with Gasteiger partial charge in [0.2, 0.25) is 0 Å². The maximum absolute atomic E-state index is 14.0. The van der Waals surface area contributed by atoms with Crippen molar-refractivity contribution >= 4 is 27.9 Å². The van der Waals surface area contributed by atoms with Gasteiger partial charge < -0.3 is 14.2 Å². The molecule has 0 radical (unpaired) electrons. The number of anilines is 1. The van der Waals surface area contributed by atoms with Crippen LogP contribution in [0.3, 0.4) is 0 Å². The highest BCUT2D eigenvalue weighted by Gasteiger charge is 2.30. The number of halogens is 1. The van der Waals surface area contributed by atoms with E-state index in [9.17, 15) is 8.94 Å². The fraction of sp³-hybridized carbons (Fsp3) is 0.375. The Kier molecular flexibility index (Phi) is 6.74. The second-order valence-corrected chi connectivity index (χ2v) is 9.37. The third kappa shape index (κ3) is 4.22. The zero-order valence-electron chi connectivity index (χ0n) is 18.7. The van der Waals surface area contributed by atoms with Crippen molar-refractivity contribution in [1.29, 1.82) is 0 Å². The summed E-state index contributed by atoms with van der Waals surface area (Å²) >= 11 is -1.41. The Labute approximate surface area is 191 Å². The van der Waals surface area contributed by atoms with Crippen LogP contribution in [-0.4, -0.2) is 53.2 Å². The van der Waals surface area contributed by atoms with Crippen LogP contribution >= 0.6 is 0 Å². The van der Waals surface area contributed by atoms with Crippen molar-refractivity contribution in [3.8, 4) is 5.75 Å². The van der Waals surface area contributed by atoms with E-state index < -0.39 is 17.0 Å². The lowest BCUT2D eigenvalue weighted by Gasteiger charge is -2.40. The summed E-state index contributed by atoms with van der Waals surface area (Å²) in [6.07, 6.45) is 2.96. The number of para-hydroxylation sites is 1. The highest BCUT2D eigenvalue weighted by atomic mass is 32.2. The Bertz CT molecular complexity index is 1120. The molecule has 170 valence electrons. The minimum absolute atomic E-state index is 0.129. The molecule has 0 fully saturated rings. The van der Waals surface area contributed by atoms with E-state index in [2.05, 4.69) is 46.4 Å². The van der Waals surface area contributed by atoms with Crippen LogP contribution < -0.4 is 9.64 Å². The molecule has 0 aliphatic carbocycles. The molecule has 1 N–H and O–H groups in total. The molecule has 1 aliphatic heterocycles. The van der Waals surface area contributed by atoms with Crippen LogP contribution in [0.1, 0.15) is 30.5 Å². The molecule has 4 rings (SSSR count). The summed E-state index contributed by atoms with van der Waals surface area (Å²) in [5, 5.41) is 0.337. The van der Waals surface area contributed by atoms with Gasteiger partial charge in [0.25, 0.3) is 0 Å². The molecule has 1 aliphatic rings. The number of nitrogens with one attached hydrogen (secondary N) is 1. The van der Waals surface area contributed by atoms with Gasteiger partial charge >= 0.3 is 5.16 Å². The normalized spacial score (nSPS) is 16.9. The fourth-order valence-electron chi connectivity index (χ4n) is 4.49. The number of fused-ring (bicyclic) bond motifs is 2. The predicted octanol–water partition coefficient (Wildman–Crippen LogP) is 4.41. The van der Waals surface area contributed by atoms with Crippen molar-refractivity contribution in [2.75, 3.05) is 38.7 Å². The van der Waals surface area contributed by atoms with Crippen molar-refractivity contribution < 1.29 is 13.7 Å². The first kappa shape index (κ1) is 22.6. The predicted molar refractivity (Wildman–Crippen MR) is 127 cm³/mol. The van der Waals surface area contributed by atoms with E-state index in [1.54, 1.807) is 6.07 Å². The summed E-state index contributed by atoms with van der Waals surface area (Å²) in [6.45, 7) is 8.66. The van der Waals surface area contributed by atoms with Gasteiger partial charge in [-0.25, -0.2) is 4.39 Å². The highest BCUT2D eigenvalue weighted by molar-refractivity contribution is 7.90. The Morgan fingerprint density at radius 2 is 2.25 bits per heavy atom. The number of hydrogen-bond donors (Lipinski definition) is 1. The van der Waals surface area contributed by atoms with Crippen LogP contribution in [0.4, 0.5) is 10.1 Å². The molecule has 8 heteroatoms. The van der Waals surface area contributed by atoms with Gasteiger partial charge in [-0.2, -0.15) is 4.98 Å². The molecule has 0 saturated heterocycles. The summed E-state index contributed by atoms with van der Waals surface area (Å²) < 4.78 is 32.3. The minimum atomic E-state index is -1.41. The fourth-order valence-corrected chi connectivity index (χ4v) is 5.57. The van der Waals surface area contributed by atoms with E-state index >= 15 is 0 Å². The van der Waals surface area contributed by atoms with Crippen LogP contribution in [0.15, 0.2) is 48.1 Å². The van der Waals surface area contributed by atoms with E-state index in [4.69, 9.17) is 4.74 Å². The van der Waals surface area contributed by atoms with Gasteiger partial charge in [-0.3, -0.25) is 9.88 Å². The van der Waals surface area contributed by atoms with Crippen LogP contribution in [0.25, 0.3) is 11.0 Å². The molecule has 2 atom stereocenters. The second-order valence-electron chi connectivity index (χ2n) is 8.00. The van der Waals surface area contributed by atoms with Crippen molar-refractivity contribution in [2.45, 2.75) is 30.3 Å². The number of ether oxygens (including phenoxy) is 1. The Balaban J connectivity index is 1.66. The van der Waals surface area contributed by atoms with Gasteiger partial charge in [0.1, 0.15) is 5.75 Å². The zero-order chi connectivity index (χ0) is 22.8. The molecule has 6 nitrogen and oxygen atoms in total. The number of H-pyrrole nitrogens is 1. The molecule has 2 unspecified atom stereocenters. The van der Waals surface area contributed by atoms with Gasteiger partial charge in [-0.1, -0.05) is 24.3 Å². The molecule has 3 aromatic rings. The molecular formula is C24H29FN4O2S. The first-order valence-electron chi connectivity index (χ1n) is 10.8. The van der Waals surface area contributed by atoms with E-state index in [0.29, 0.717) is 28.0 Å². The smallest absolute Gasteiger partial charge is 0.321 e. The molecule has 2 heterocycles. The zero-order valence-corrected chi connectivity index (χ0v) is 19.5. The molecule has 1 aromatic heterocycles. The monoisotopic (exact) mass is 456 g/mol. The molecular weight excluding hydrogens is 427 g/mol. The molecule has 2 aromatic carbocycles. The van der Waals surface area contributed by atoms with Gasteiger partial charge in [-0.05, 0) is 26.0 Å². The third-order valence-electron chi connectivity index (χ3n) is 6.07. The summed E-state index contributed by atoms with van der Waals surface area (Å²) in [5.41, 5.74) is 4.49. The average Bonchev–Trinajstić information content (AvgIpc) is 3.20. The van der Waals surface area contributed by atoms with Gasteiger partial charge in [0.15, 0.2) is 11.6 Å². The van der Waals surface area contributed by atoms with Gasteiger partial charge in [0, 0.05) is 60.2 Å². The molecule has 0 amide bonds. The number of imidazole rings is 1. The number of hydrogen-bond acceptors (Lipinski definition) is 5. The quantitative estimate of drug-likeness (QED) is 0.402. The van der Waals surface area contributed by atoms with Crippen molar-refractivity contribution in [3.63, 3.8) is 0 Å². The Morgan fingerprint density at radius 1 is 1.44 bits per heavy atom. The molecule has 0 bridgehead atoms. The van der Waals surface area contributed by atoms with E-state index in [1.807, 2.05) is 18.2 Å². The number of benzene rings is 2. The minimum Gasteiger partial charge on any atom is -0.609 e. The lowest BCUT2D eigenvalue weighted by molar-refractivity contribution is 0.252. The SMILES string of the molecule is C=CCN(C)C1CCN(CC)c2c(C[S+]([O-])c3nc4cc(F)c(OC)cc4[nH]3)cccc21. The maximum atomic E-state index is 14.0. The van der Waals surface area contributed by atoms with Crippen LogP contribution in [0.2, 0.25) is 0 Å². The lowest BCUT2D eigenvalue weighted by atomic mass is 9.92. The highest BCUT2D eigenvalue weighted by Crippen LogP contribution is 2.40. The number of methoxy groups -OCH3 is 1. The third-order valence-corrected chi connectivity index (χ3v) is 7.26. The van der Waals surface area contributed by atoms with Crippen LogP contribution in [0.5, 0.6) is 5.75 Å². The standard InChI is InChI=1S/C24H29FN4O2S/c1-5-11-28(3)21-10-12-29(6-2)23-16(8-7-9-17(21)23)15-32(30)24-26-19-13-18(25)22(31-4)14-20(19)27-24/h5,7-9,13-14,21H,1,6,10-12,15H2,2-4H3,(H,26,27). The van der Waals surface area contributed by atoms with E-state index in [1.165, 1.54) is 24.4 Å². The molecule has 0 spiro atoms. The Morgan fingerprint density at radius 3 is 2.97 bits per heavy atom. The largest absolute Gasteiger partial charge is 0.609 e. The van der Waals surface area contributed by atoms with Crippen molar-refractivity contribution in [1.82, 2.24) is 14.9 Å². The lowest BCUT2D eigenvalue weighted by Crippen LogP contribution is -2.37. The van der Waals surface area contributed by atoms with E-state index in [0.717, 1.165) is 31.6 Å². The summed E-state index contributed by atoms with van der Waals surface area (Å²) in [5.74, 6) is -0.0325. The van der Waals surface area contributed by atoms with Gasteiger partial charge in [-0.15, -0.1) is 6.58 Å². The number of likely N-dealkylation sites (N-methyl/N-ethyl adjacent to an activating group) is 1. The number of nitrogens with zero attached hydrogens (tertiary/aromatic N) is 3. The molecule has 32 heavy (non-hydrogen) atoms.